The molecule has 0 radical (unpaired) electrons. The minimum absolute atomic E-state index is 0.187. The number of fused-ring (bicyclic) bond motifs is 1. The minimum Gasteiger partial charge on any atom is -0.485 e. The Kier molecular flexibility index (Phi) is 5.86. The molecule has 1 aliphatic heterocycles. The van der Waals surface area contributed by atoms with Crippen molar-refractivity contribution >= 4 is 6.08 Å². The second kappa shape index (κ2) is 7.87. The van der Waals surface area contributed by atoms with Crippen molar-refractivity contribution in [2.45, 2.75) is 52.6 Å². The van der Waals surface area contributed by atoms with Gasteiger partial charge in [-0.15, -0.1) is 0 Å². The van der Waals surface area contributed by atoms with Crippen molar-refractivity contribution in [2.24, 2.45) is 0 Å². The Bertz CT molecular complexity index is 549. The molecule has 112 valence electrons. The third-order valence-corrected chi connectivity index (χ3v) is 3.95. The van der Waals surface area contributed by atoms with E-state index in [1.165, 1.54) is 36.0 Å². The van der Waals surface area contributed by atoms with Crippen LogP contribution in [-0.4, -0.2) is 6.10 Å². The van der Waals surface area contributed by atoms with E-state index < -0.39 is 0 Å². The minimum atomic E-state index is 0.187. The second-order valence-electron chi connectivity index (χ2n) is 5.65. The monoisotopic (exact) mass is 282 g/mol. The van der Waals surface area contributed by atoms with Crippen LogP contribution in [0.4, 0.5) is 0 Å². The highest BCUT2D eigenvalue weighted by molar-refractivity contribution is 5.65. The van der Waals surface area contributed by atoms with Gasteiger partial charge in [0.05, 0.1) is 0 Å². The quantitative estimate of drug-likeness (QED) is 0.464. The van der Waals surface area contributed by atoms with Gasteiger partial charge in [0.2, 0.25) is 0 Å². The Hall–Kier alpha value is -1.76. The molecule has 1 nitrogen and oxygen atoms in total. The molecule has 0 bridgehead atoms. The number of unbranched alkanes of at least 4 members (excludes halogenated alkanes) is 2. The van der Waals surface area contributed by atoms with Crippen LogP contribution in [0.25, 0.3) is 6.08 Å². The van der Waals surface area contributed by atoms with Crippen molar-refractivity contribution in [3.8, 4) is 5.75 Å². The maximum absolute atomic E-state index is 6.22. The average Bonchev–Trinajstić information content (AvgIpc) is 2.52. The predicted molar refractivity (Wildman–Crippen MR) is 91.5 cm³/mol. The molecule has 1 aromatic rings. The Morgan fingerprint density at radius 2 is 2.05 bits per heavy atom. The van der Waals surface area contributed by atoms with Crippen LogP contribution >= 0.6 is 0 Å². The highest BCUT2D eigenvalue weighted by atomic mass is 16.5. The van der Waals surface area contributed by atoms with Crippen molar-refractivity contribution in [1.82, 2.24) is 0 Å². The molecular weight excluding hydrogens is 256 g/mol. The maximum atomic E-state index is 6.22. The van der Waals surface area contributed by atoms with Crippen LogP contribution in [0.3, 0.4) is 0 Å². The highest BCUT2D eigenvalue weighted by Crippen LogP contribution is 2.32. The first kappa shape index (κ1) is 15.6. The van der Waals surface area contributed by atoms with Gasteiger partial charge in [0.15, 0.2) is 0 Å². The number of ether oxygens (including phenoxy) is 1. The zero-order valence-corrected chi connectivity index (χ0v) is 13.4. The van der Waals surface area contributed by atoms with Gasteiger partial charge in [-0.1, -0.05) is 61.8 Å². The van der Waals surface area contributed by atoms with Gasteiger partial charge in [-0.25, -0.2) is 0 Å². The first-order valence-electron chi connectivity index (χ1n) is 8.03. The van der Waals surface area contributed by atoms with Gasteiger partial charge in [-0.3, -0.25) is 0 Å². The standard InChI is InChI=1S/C20H26O/c1-4-6-7-11-20-18(14-13-16(3)5-2)15-17-10-8-9-12-19(17)21-20/h5,8-10,12-15,20H,4,6-7,11H2,1-3H3/b14-13+,16-5+. The van der Waals surface area contributed by atoms with Crippen LogP contribution in [0.1, 0.15) is 52.0 Å². The number of rotatable bonds is 6. The molecule has 0 N–H and O–H groups in total. The summed E-state index contributed by atoms with van der Waals surface area (Å²) < 4.78 is 6.22. The number of hydrogen-bond donors (Lipinski definition) is 0. The van der Waals surface area contributed by atoms with Crippen molar-refractivity contribution in [3.05, 3.63) is 59.2 Å². The molecule has 1 aromatic carbocycles. The predicted octanol–water partition coefficient (Wildman–Crippen LogP) is 5.93. The first-order valence-corrected chi connectivity index (χ1v) is 8.03. The molecule has 0 fully saturated rings. The van der Waals surface area contributed by atoms with Gasteiger partial charge in [0.25, 0.3) is 0 Å². The van der Waals surface area contributed by atoms with Crippen LogP contribution in [0.5, 0.6) is 5.75 Å². The molecule has 0 saturated heterocycles. The van der Waals surface area contributed by atoms with E-state index in [9.17, 15) is 0 Å². The Morgan fingerprint density at radius 3 is 2.81 bits per heavy atom. The third kappa shape index (κ3) is 4.35. The summed E-state index contributed by atoms with van der Waals surface area (Å²) in [6.07, 6.45) is 13.8. The van der Waals surface area contributed by atoms with E-state index in [4.69, 9.17) is 4.74 Å². The molecule has 0 spiro atoms. The lowest BCUT2D eigenvalue weighted by atomic mass is 9.96. The summed E-state index contributed by atoms with van der Waals surface area (Å²) >= 11 is 0. The summed E-state index contributed by atoms with van der Waals surface area (Å²) in [4.78, 5) is 0. The number of hydrogen-bond acceptors (Lipinski definition) is 1. The fourth-order valence-electron chi connectivity index (χ4n) is 2.49. The SMILES string of the molecule is C/C=C(C)/C=C/C1=Cc2ccccc2OC1CCCCC. The average molecular weight is 282 g/mol. The van der Waals surface area contributed by atoms with Gasteiger partial charge in [-0.05, 0) is 44.4 Å². The molecule has 0 aromatic heterocycles. The fourth-order valence-corrected chi connectivity index (χ4v) is 2.49. The Morgan fingerprint density at radius 1 is 1.24 bits per heavy atom. The first-order chi connectivity index (χ1) is 10.2. The lowest BCUT2D eigenvalue weighted by molar-refractivity contribution is 0.222. The van der Waals surface area contributed by atoms with Crippen molar-refractivity contribution < 1.29 is 4.74 Å². The molecule has 1 atom stereocenters. The fraction of sp³-hybridized carbons (Fsp3) is 0.400. The van der Waals surface area contributed by atoms with E-state index >= 15 is 0 Å². The Balaban J connectivity index is 2.21. The van der Waals surface area contributed by atoms with E-state index in [1.807, 2.05) is 6.07 Å². The molecule has 1 aliphatic rings. The van der Waals surface area contributed by atoms with E-state index in [1.54, 1.807) is 0 Å². The van der Waals surface area contributed by atoms with E-state index in [0.717, 1.165) is 12.2 Å². The number of benzene rings is 1. The summed E-state index contributed by atoms with van der Waals surface area (Å²) in [5, 5.41) is 0. The van der Waals surface area contributed by atoms with Gasteiger partial charge in [-0.2, -0.15) is 0 Å². The molecular formula is C20H26O. The van der Waals surface area contributed by atoms with Crippen molar-refractivity contribution in [2.75, 3.05) is 0 Å². The van der Waals surface area contributed by atoms with Crippen molar-refractivity contribution in [1.29, 1.82) is 0 Å². The maximum Gasteiger partial charge on any atom is 0.127 e. The molecule has 1 unspecified atom stereocenters. The smallest absolute Gasteiger partial charge is 0.127 e. The Labute approximate surface area is 129 Å². The van der Waals surface area contributed by atoms with Crippen LogP contribution in [0.15, 0.2) is 53.6 Å². The highest BCUT2D eigenvalue weighted by Gasteiger charge is 2.20. The van der Waals surface area contributed by atoms with Crippen LogP contribution in [0, 0.1) is 0 Å². The number of para-hydroxylation sites is 1. The number of allylic oxidation sites excluding steroid dienone is 3. The van der Waals surface area contributed by atoms with Gasteiger partial charge in [0.1, 0.15) is 11.9 Å². The third-order valence-electron chi connectivity index (χ3n) is 3.95. The van der Waals surface area contributed by atoms with Crippen molar-refractivity contribution in [3.63, 3.8) is 0 Å². The molecule has 0 aliphatic carbocycles. The topological polar surface area (TPSA) is 9.23 Å². The van der Waals surface area contributed by atoms with E-state index in [2.05, 4.69) is 63.3 Å². The molecule has 0 saturated carbocycles. The van der Waals surface area contributed by atoms with Gasteiger partial charge in [0, 0.05) is 5.56 Å². The summed E-state index contributed by atoms with van der Waals surface area (Å²) in [5.41, 5.74) is 3.75. The zero-order chi connectivity index (χ0) is 15.1. The normalized spacial score (nSPS) is 18.3. The van der Waals surface area contributed by atoms with Gasteiger partial charge >= 0.3 is 0 Å². The summed E-state index contributed by atoms with van der Waals surface area (Å²) in [6.45, 7) is 6.43. The lowest BCUT2D eigenvalue weighted by Crippen LogP contribution is -2.21. The summed E-state index contributed by atoms with van der Waals surface area (Å²) in [5.74, 6) is 1.01. The van der Waals surface area contributed by atoms with Crippen LogP contribution < -0.4 is 4.74 Å². The molecule has 1 heterocycles. The van der Waals surface area contributed by atoms with Crippen LogP contribution in [0.2, 0.25) is 0 Å². The van der Waals surface area contributed by atoms with Crippen LogP contribution in [-0.2, 0) is 0 Å². The lowest BCUT2D eigenvalue weighted by Gasteiger charge is -2.26. The largest absolute Gasteiger partial charge is 0.485 e. The summed E-state index contributed by atoms with van der Waals surface area (Å²) in [6, 6.07) is 8.29. The molecule has 2 rings (SSSR count). The zero-order valence-electron chi connectivity index (χ0n) is 13.4. The summed E-state index contributed by atoms with van der Waals surface area (Å²) in [7, 11) is 0. The van der Waals surface area contributed by atoms with E-state index in [0.29, 0.717) is 0 Å². The van der Waals surface area contributed by atoms with Gasteiger partial charge < -0.3 is 4.74 Å². The molecule has 1 heteroatoms. The second-order valence-corrected chi connectivity index (χ2v) is 5.65. The van der Waals surface area contributed by atoms with E-state index in [-0.39, 0.29) is 6.10 Å². The molecule has 21 heavy (non-hydrogen) atoms. The molecule has 0 amide bonds.